The molecule has 0 fully saturated rings. The van der Waals surface area contributed by atoms with Crippen molar-refractivity contribution in [1.29, 1.82) is 0 Å². The molecule has 14 heavy (non-hydrogen) atoms. The smallest absolute Gasteiger partial charge is 0.0703 e. The summed E-state index contributed by atoms with van der Waals surface area (Å²) in [6.45, 7) is 2.08. The molecule has 1 aliphatic rings. The lowest BCUT2D eigenvalue weighted by Gasteiger charge is -2.37. The van der Waals surface area contributed by atoms with Gasteiger partial charge in [0.25, 0.3) is 0 Å². The quantitative estimate of drug-likeness (QED) is 0.670. The van der Waals surface area contributed by atoms with Gasteiger partial charge in [-0.15, -0.1) is 0 Å². The highest BCUT2D eigenvalue weighted by atomic mass is 16.3. The third-order valence-electron chi connectivity index (χ3n) is 3.52. The molecule has 2 unspecified atom stereocenters. The summed E-state index contributed by atoms with van der Waals surface area (Å²) in [4.78, 5) is 0. The average molecular weight is 195 g/mol. The lowest BCUT2D eigenvalue weighted by Crippen LogP contribution is -2.49. The minimum absolute atomic E-state index is 0.00708. The SMILES string of the molecule is CC1CCc2c(cnn2C)C1(N)CO. The fourth-order valence-electron chi connectivity index (χ4n) is 2.27. The first-order chi connectivity index (χ1) is 6.59. The lowest BCUT2D eigenvalue weighted by molar-refractivity contribution is 0.132. The minimum atomic E-state index is -0.595. The number of hydrogen-bond donors (Lipinski definition) is 2. The summed E-state index contributed by atoms with van der Waals surface area (Å²) in [7, 11) is 1.92. The lowest BCUT2D eigenvalue weighted by atomic mass is 9.73. The second-order valence-corrected chi connectivity index (χ2v) is 4.27. The molecule has 0 amide bonds. The maximum absolute atomic E-state index is 9.41. The molecule has 1 aromatic heterocycles. The van der Waals surface area contributed by atoms with Gasteiger partial charge in [0.05, 0.1) is 18.3 Å². The Morgan fingerprint density at radius 2 is 2.50 bits per heavy atom. The highest BCUT2D eigenvalue weighted by Crippen LogP contribution is 2.36. The first kappa shape index (κ1) is 9.68. The van der Waals surface area contributed by atoms with E-state index < -0.39 is 5.54 Å². The molecule has 2 atom stereocenters. The zero-order valence-corrected chi connectivity index (χ0v) is 8.70. The molecule has 1 aromatic rings. The van der Waals surface area contributed by atoms with E-state index >= 15 is 0 Å². The summed E-state index contributed by atoms with van der Waals surface area (Å²) in [5.41, 5.74) is 7.81. The number of aliphatic hydroxyl groups excluding tert-OH is 1. The first-order valence-corrected chi connectivity index (χ1v) is 5.00. The number of aliphatic hydroxyl groups is 1. The van der Waals surface area contributed by atoms with Crippen molar-refractivity contribution >= 4 is 0 Å². The molecular weight excluding hydrogens is 178 g/mol. The summed E-state index contributed by atoms with van der Waals surface area (Å²) in [5.74, 6) is 0.309. The molecule has 0 bridgehead atoms. The van der Waals surface area contributed by atoms with Gasteiger partial charge >= 0.3 is 0 Å². The van der Waals surface area contributed by atoms with Gasteiger partial charge in [-0.1, -0.05) is 6.92 Å². The highest BCUT2D eigenvalue weighted by molar-refractivity contribution is 5.30. The van der Waals surface area contributed by atoms with Crippen molar-refractivity contribution in [3.8, 4) is 0 Å². The molecule has 1 aliphatic carbocycles. The molecule has 0 saturated heterocycles. The van der Waals surface area contributed by atoms with Gasteiger partial charge in [0.15, 0.2) is 0 Å². The van der Waals surface area contributed by atoms with Gasteiger partial charge in [0, 0.05) is 18.3 Å². The van der Waals surface area contributed by atoms with Crippen LogP contribution in [0.1, 0.15) is 24.6 Å². The normalized spacial score (nSPS) is 31.6. The summed E-state index contributed by atoms with van der Waals surface area (Å²) in [6.07, 6.45) is 3.82. The molecular formula is C10H17N3O. The largest absolute Gasteiger partial charge is 0.394 e. The average Bonchev–Trinajstić information content (AvgIpc) is 2.55. The highest BCUT2D eigenvalue weighted by Gasteiger charge is 2.39. The third kappa shape index (κ3) is 1.11. The Morgan fingerprint density at radius 1 is 1.79 bits per heavy atom. The van der Waals surface area contributed by atoms with E-state index in [0.29, 0.717) is 5.92 Å². The van der Waals surface area contributed by atoms with Gasteiger partial charge < -0.3 is 10.8 Å². The maximum atomic E-state index is 9.41. The van der Waals surface area contributed by atoms with Crippen molar-refractivity contribution in [3.05, 3.63) is 17.5 Å². The van der Waals surface area contributed by atoms with Gasteiger partial charge in [-0.05, 0) is 18.8 Å². The Labute approximate surface area is 83.7 Å². The molecule has 4 nitrogen and oxygen atoms in total. The molecule has 78 valence electrons. The molecule has 0 saturated carbocycles. The van der Waals surface area contributed by atoms with E-state index in [1.807, 2.05) is 11.7 Å². The van der Waals surface area contributed by atoms with Gasteiger partial charge in [-0.3, -0.25) is 4.68 Å². The fourth-order valence-corrected chi connectivity index (χ4v) is 2.27. The van der Waals surface area contributed by atoms with Gasteiger partial charge in [0.2, 0.25) is 0 Å². The molecule has 2 rings (SSSR count). The number of hydrogen-bond acceptors (Lipinski definition) is 3. The number of aromatic nitrogens is 2. The monoisotopic (exact) mass is 195 g/mol. The van der Waals surface area contributed by atoms with Gasteiger partial charge in [-0.2, -0.15) is 5.10 Å². The van der Waals surface area contributed by atoms with E-state index in [0.717, 1.165) is 18.4 Å². The number of nitrogens with two attached hydrogens (primary N) is 1. The maximum Gasteiger partial charge on any atom is 0.0703 e. The van der Waals surface area contributed by atoms with Crippen molar-refractivity contribution in [2.75, 3.05) is 6.61 Å². The van der Waals surface area contributed by atoms with Crippen LogP contribution >= 0.6 is 0 Å². The molecule has 4 heteroatoms. The second-order valence-electron chi connectivity index (χ2n) is 4.27. The van der Waals surface area contributed by atoms with Crippen molar-refractivity contribution in [2.24, 2.45) is 18.7 Å². The van der Waals surface area contributed by atoms with Crippen molar-refractivity contribution < 1.29 is 5.11 Å². The molecule has 1 heterocycles. The number of aryl methyl sites for hydroxylation is 1. The second kappa shape index (κ2) is 3.07. The van der Waals surface area contributed by atoms with E-state index in [1.165, 1.54) is 5.69 Å². The molecule has 0 radical (unpaired) electrons. The first-order valence-electron chi connectivity index (χ1n) is 5.00. The predicted octanol–water partition coefficient (Wildman–Crippen LogP) is 0.149. The Kier molecular flexibility index (Phi) is 2.12. The molecule has 3 N–H and O–H groups in total. The van der Waals surface area contributed by atoms with Crippen molar-refractivity contribution in [2.45, 2.75) is 25.3 Å². The Balaban J connectivity index is 2.52. The van der Waals surface area contributed by atoms with Crippen LogP contribution in [0.15, 0.2) is 6.20 Å². The molecule has 0 aromatic carbocycles. The van der Waals surface area contributed by atoms with Crippen LogP contribution in [0.2, 0.25) is 0 Å². The predicted molar refractivity (Wildman–Crippen MR) is 53.6 cm³/mol. The van der Waals surface area contributed by atoms with Crippen molar-refractivity contribution in [3.63, 3.8) is 0 Å². The standard InChI is InChI=1S/C10H17N3O/c1-7-3-4-9-8(5-12-13(9)2)10(7,11)6-14/h5,7,14H,3-4,6,11H2,1-2H3. The van der Waals surface area contributed by atoms with E-state index in [1.54, 1.807) is 6.20 Å². The summed E-state index contributed by atoms with van der Waals surface area (Å²) >= 11 is 0. The Hall–Kier alpha value is -0.870. The summed E-state index contributed by atoms with van der Waals surface area (Å²) < 4.78 is 1.86. The van der Waals surface area contributed by atoms with Crippen LogP contribution in [0.3, 0.4) is 0 Å². The number of fused-ring (bicyclic) bond motifs is 1. The van der Waals surface area contributed by atoms with Crippen LogP contribution in [0, 0.1) is 5.92 Å². The van der Waals surface area contributed by atoms with Crippen LogP contribution in [0.5, 0.6) is 0 Å². The van der Waals surface area contributed by atoms with Crippen LogP contribution in [0.4, 0.5) is 0 Å². The summed E-state index contributed by atoms with van der Waals surface area (Å²) in [5, 5.41) is 13.6. The molecule has 0 aliphatic heterocycles. The van der Waals surface area contributed by atoms with Crippen LogP contribution in [0.25, 0.3) is 0 Å². The minimum Gasteiger partial charge on any atom is -0.394 e. The van der Waals surface area contributed by atoms with Crippen LogP contribution in [-0.4, -0.2) is 21.5 Å². The number of nitrogens with zero attached hydrogens (tertiary/aromatic N) is 2. The zero-order valence-electron chi connectivity index (χ0n) is 8.70. The van der Waals surface area contributed by atoms with E-state index in [4.69, 9.17) is 5.73 Å². The topological polar surface area (TPSA) is 64.1 Å². The zero-order chi connectivity index (χ0) is 10.3. The van der Waals surface area contributed by atoms with E-state index in [-0.39, 0.29) is 6.61 Å². The fraction of sp³-hybridized carbons (Fsp3) is 0.700. The van der Waals surface area contributed by atoms with Crippen molar-refractivity contribution in [1.82, 2.24) is 9.78 Å². The van der Waals surface area contributed by atoms with Gasteiger partial charge in [0.1, 0.15) is 0 Å². The summed E-state index contributed by atoms with van der Waals surface area (Å²) in [6, 6.07) is 0. The van der Waals surface area contributed by atoms with Crippen LogP contribution in [-0.2, 0) is 19.0 Å². The van der Waals surface area contributed by atoms with E-state index in [9.17, 15) is 5.11 Å². The number of rotatable bonds is 1. The Bertz CT molecular complexity index is 347. The van der Waals surface area contributed by atoms with Crippen LogP contribution < -0.4 is 5.73 Å². The van der Waals surface area contributed by atoms with E-state index in [2.05, 4.69) is 12.0 Å². The van der Waals surface area contributed by atoms with Gasteiger partial charge in [-0.25, -0.2) is 0 Å². The molecule has 0 spiro atoms. The Morgan fingerprint density at radius 3 is 3.14 bits per heavy atom. The third-order valence-corrected chi connectivity index (χ3v) is 3.52.